The third-order valence-corrected chi connectivity index (χ3v) is 7.18. The van der Waals surface area contributed by atoms with Crippen molar-refractivity contribution in [3.63, 3.8) is 0 Å². The van der Waals surface area contributed by atoms with Crippen molar-refractivity contribution in [2.75, 3.05) is 46.9 Å². The maximum Gasteiger partial charge on any atom is 0.410 e. The summed E-state index contributed by atoms with van der Waals surface area (Å²) in [6.07, 6.45) is 0.0942. The Balaban J connectivity index is 1.50. The number of aromatic nitrogens is 2. The molecule has 0 bridgehead atoms. The Morgan fingerprint density at radius 3 is 2.81 bits per heavy atom. The molecule has 12 heteroatoms. The fourth-order valence-corrected chi connectivity index (χ4v) is 4.80. The number of hydrogen-bond donors (Lipinski definition) is 1. The van der Waals surface area contributed by atoms with Gasteiger partial charge in [-0.15, -0.1) is 0 Å². The van der Waals surface area contributed by atoms with Crippen molar-refractivity contribution in [1.82, 2.24) is 28.6 Å². The lowest BCUT2D eigenvalue weighted by atomic mass is 10.0. The second-order valence-electron chi connectivity index (χ2n) is 7.08. The Hall–Kier alpha value is -2.18. The molecular weight excluding hydrogens is 376 g/mol. The van der Waals surface area contributed by atoms with E-state index in [1.165, 1.54) is 22.7 Å². The molecule has 2 saturated heterocycles. The van der Waals surface area contributed by atoms with E-state index in [1.807, 2.05) is 0 Å². The van der Waals surface area contributed by atoms with Crippen molar-refractivity contribution in [3.05, 3.63) is 17.0 Å². The van der Waals surface area contributed by atoms with Gasteiger partial charge in [0, 0.05) is 45.8 Å². The van der Waals surface area contributed by atoms with Gasteiger partial charge in [0.2, 0.25) is 0 Å². The number of hydrogen-bond acceptors (Lipinski definition) is 6. The van der Waals surface area contributed by atoms with Gasteiger partial charge in [-0.05, 0) is 6.42 Å². The number of nitrogens with one attached hydrogen (secondary N) is 1. The SMILES string of the molecule is CN(C)S(=O)(=O)N1CCc2c(C(=O)N3CCN4C(=O)OCC4C3)n[nH]c2C1. The summed E-state index contributed by atoms with van der Waals surface area (Å²) in [4.78, 5) is 27.9. The van der Waals surface area contributed by atoms with Crippen LogP contribution in [0, 0.1) is 0 Å². The topological polar surface area (TPSA) is 119 Å². The maximum absolute atomic E-state index is 12.9. The van der Waals surface area contributed by atoms with Gasteiger partial charge in [0.1, 0.15) is 6.61 Å². The molecule has 1 atom stereocenters. The van der Waals surface area contributed by atoms with Gasteiger partial charge in [0.25, 0.3) is 16.1 Å². The zero-order chi connectivity index (χ0) is 19.3. The summed E-state index contributed by atoms with van der Waals surface area (Å²) in [6, 6.07) is -0.120. The Morgan fingerprint density at radius 1 is 1.30 bits per heavy atom. The molecule has 148 valence electrons. The number of fused-ring (bicyclic) bond motifs is 2. The fourth-order valence-electron chi connectivity index (χ4n) is 3.72. The molecule has 0 spiro atoms. The average molecular weight is 398 g/mol. The highest BCUT2D eigenvalue weighted by atomic mass is 32.2. The molecule has 0 aliphatic carbocycles. The number of H-pyrrole nitrogens is 1. The molecule has 27 heavy (non-hydrogen) atoms. The van der Waals surface area contributed by atoms with Crippen LogP contribution >= 0.6 is 0 Å². The van der Waals surface area contributed by atoms with Crippen LogP contribution in [0.1, 0.15) is 21.7 Å². The zero-order valence-electron chi connectivity index (χ0n) is 15.2. The molecule has 11 nitrogen and oxygen atoms in total. The number of carbonyl (C=O) groups excluding carboxylic acids is 2. The normalized spacial score (nSPS) is 23.4. The van der Waals surface area contributed by atoms with Gasteiger partial charge in [-0.3, -0.25) is 14.8 Å². The van der Waals surface area contributed by atoms with E-state index in [2.05, 4.69) is 10.2 Å². The van der Waals surface area contributed by atoms with Gasteiger partial charge in [-0.1, -0.05) is 0 Å². The molecule has 4 rings (SSSR count). The predicted molar refractivity (Wildman–Crippen MR) is 93.1 cm³/mol. The molecule has 3 aliphatic rings. The molecule has 2 amide bonds. The van der Waals surface area contributed by atoms with Gasteiger partial charge in [0.05, 0.1) is 18.3 Å². The van der Waals surface area contributed by atoms with Crippen LogP contribution in [0.2, 0.25) is 0 Å². The predicted octanol–water partition coefficient (Wildman–Crippen LogP) is -1.15. The van der Waals surface area contributed by atoms with Crippen molar-refractivity contribution in [2.45, 2.75) is 19.0 Å². The lowest BCUT2D eigenvalue weighted by molar-refractivity contribution is 0.0610. The minimum atomic E-state index is -3.52. The first kappa shape index (κ1) is 18.2. The van der Waals surface area contributed by atoms with Crippen LogP contribution in [0.3, 0.4) is 0 Å². The standard InChI is InChI=1S/C15H22N6O5S/c1-18(2)27(24,25)20-4-3-11-12(8-20)16-17-13(11)14(22)19-5-6-21-10(7-19)9-26-15(21)23/h10H,3-9H2,1-2H3,(H,16,17). The van der Waals surface area contributed by atoms with Gasteiger partial charge >= 0.3 is 6.09 Å². The monoisotopic (exact) mass is 398 g/mol. The molecule has 0 radical (unpaired) electrons. The van der Waals surface area contributed by atoms with Crippen molar-refractivity contribution in [2.24, 2.45) is 0 Å². The Morgan fingerprint density at radius 2 is 2.07 bits per heavy atom. The Labute approximate surface area is 157 Å². The Bertz CT molecular complexity index is 881. The highest BCUT2D eigenvalue weighted by molar-refractivity contribution is 7.86. The second kappa shape index (κ2) is 6.46. The van der Waals surface area contributed by atoms with E-state index >= 15 is 0 Å². The van der Waals surface area contributed by atoms with Crippen molar-refractivity contribution in [3.8, 4) is 0 Å². The average Bonchev–Trinajstić information content (AvgIpc) is 3.24. The first-order valence-corrected chi connectivity index (χ1v) is 10.1. The van der Waals surface area contributed by atoms with Crippen LogP contribution < -0.4 is 0 Å². The summed E-state index contributed by atoms with van der Waals surface area (Å²) in [5, 5.41) is 7.00. The first-order valence-electron chi connectivity index (χ1n) is 8.75. The summed E-state index contributed by atoms with van der Waals surface area (Å²) in [5.74, 6) is -0.199. The molecule has 1 N–H and O–H groups in total. The minimum Gasteiger partial charge on any atom is -0.447 e. The number of piperazine rings is 1. The van der Waals surface area contributed by atoms with Gasteiger partial charge < -0.3 is 9.64 Å². The number of cyclic esters (lactones) is 1. The first-order chi connectivity index (χ1) is 12.8. The summed E-state index contributed by atoms with van der Waals surface area (Å²) < 4.78 is 32.2. The van der Waals surface area contributed by atoms with Crippen LogP contribution in [0.5, 0.6) is 0 Å². The van der Waals surface area contributed by atoms with E-state index < -0.39 is 10.2 Å². The molecule has 0 aromatic carbocycles. The highest BCUT2D eigenvalue weighted by Gasteiger charge is 2.40. The largest absolute Gasteiger partial charge is 0.447 e. The lowest BCUT2D eigenvalue weighted by Crippen LogP contribution is -2.54. The fraction of sp³-hybridized carbons (Fsp3) is 0.667. The minimum absolute atomic E-state index is 0.120. The third-order valence-electron chi connectivity index (χ3n) is 5.29. The van der Waals surface area contributed by atoms with E-state index in [-0.39, 0.29) is 24.6 Å². The zero-order valence-corrected chi connectivity index (χ0v) is 16.0. The molecule has 4 heterocycles. The van der Waals surface area contributed by atoms with Crippen LogP contribution in [0.15, 0.2) is 0 Å². The molecule has 1 unspecified atom stereocenters. The molecule has 1 aromatic rings. The van der Waals surface area contributed by atoms with Crippen molar-refractivity contribution < 1.29 is 22.7 Å². The van der Waals surface area contributed by atoms with Crippen LogP contribution in [0.4, 0.5) is 4.79 Å². The van der Waals surface area contributed by atoms with Gasteiger partial charge in [0.15, 0.2) is 5.69 Å². The van der Waals surface area contributed by atoms with E-state index in [4.69, 9.17) is 4.74 Å². The number of aromatic amines is 1. The van der Waals surface area contributed by atoms with Crippen LogP contribution in [-0.4, -0.2) is 102 Å². The van der Waals surface area contributed by atoms with E-state index in [0.717, 1.165) is 5.56 Å². The summed E-state index contributed by atoms with van der Waals surface area (Å²) >= 11 is 0. The molecular formula is C15H22N6O5S. The van der Waals surface area contributed by atoms with Crippen LogP contribution in [-0.2, 0) is 27.9 Å². The number of nitrogens with zero attached hydrogens (tertiary/aromatic N) is 5. The summed E-state index contributed by atoms with van der Waals surface area (Å²) in [7, 11) is -0.537. The number of carbonyl (C=O) groups is 2. The third kappa shape index (κ3) is 2.97. The molecule has 3 aliphatic heterocycles. The van der Waals surface area contributed by atoms with Crippen LogP contribution in [0.25, 0.3) is 0 Å². The number of ether oxygens (including phenoxy) is 1. The van der Waals surface area contributed by atoms with Crippen molar-refractivity contribution in [1.29, 1.82) is 0 Å². The summed E-state index contributed by atoms with van der Waals surface area (Å²) in [5.41, 5.74) is 1.75. The maximum atomic E-state index is 12.9. The van der Waals surface area contributed by atoms with E-state index in [9.17, 15) is 18.0 Å². The summed E-state index contributed by atoms with van der Waals surface area (Å²) in [6.45, 7) is 2.02. The van der Waals surface area contributed by atoms with Crippen molar-refractivity contribution >= 4 is 22.2 Å². The molecule has 2 fully saturated rings. The number of rotatable bonds is 3. The van der Waals surface area contributed by atoms with E-state index in [1.54, 1.807) is 9.80 Å². The number of amides is 2. The van der Waals surface area contributed by atoms with Gasteiger partial charge in [-0.2, -0.15) is 22.1 Å². The van der Waals surface area contributed by atoms with E-state index in [0.29, 0.717) is 50.6 Å². The smallest absolute Gasteiger partial charge is 0.410 e. The quantitative estimate of drug-likeness (QED) is 0.687. The second-order valence-corrected chi connectivity index (χ2v) is 9.22. The molecule has 1 aromatic heterocycles. The molecule has 0 saturated carbocycles. The Kier molecular flexibility index (Phi) is 4.35. The van der Waals surface area contributed by atoms with Gasteiger partial charge in [-0.25, -0.2) is 4.79 Å². The highest BCUT2D eigenvalue weighted by Crippen LogP contribution is 2.25. The lowest BCUT2D eigenvalue weighted by Gasteiger charge is -2.35.